The van der Waals surface area contributed by atoms with Gasteiger partial charge < -0.3 is 15.7 Å². The van der Waals surface area contributed by atoms with Crippen LogP contribution < -0.4 is 10.6 Å². The molecule has 0 saturated carbocycles. The fourth-order valence-electron chi connectivity index (χ4n) is 6.75. The van der Waals surface area contributed by atoms with Gasteiger partial charge in [-0.2, -0.15) is 5.26 Å². The van der Waals surface area contributed by atoms with Gasteiger partial charge >= 0.3 is 5.97 Å². The van der Waals surface area contributed by atoms with E-state index in [0.29, 0.717) is 27.4 Å². The van der Waals surface area contributed by atoms with Crippen molar-refractivity contribution in [3.05, 3.63) is 92.7 Å². The molecule has 1 aliphatic rings. The number of halogens is 3. The predicted molar refractivity (Wildman–Crippen MR) is 172 cm³/mol. The lowest BCUT2D eigenvalue weighted by Gasteiger charge is -2.40. The van der Waals surface area contributed by atoms with E-state index in [1.807, 2.05) is 20.8 Å². The number of carbonyl (C=O) groups is 2. The van der Waals surface area contributed by atoms with Gasteiger partial charge in [-0.1, -0.05) is 62.2 Å². The first kappa shape index (κ1) is 32.9. The summed E-state index contributed by atoms with van der Waals surface area (Å²) in [5.41, 5.74) is 5.17. The Kier molecular flexibility index (Phi) is 8.57. The second-order valence-corrected chi connectivity index (χ2v) is 13.6. The first-order chi connectivity index (χ1) is 21.6. The van der Waals surface area contributed by atoms with E-state index in [1.54, 1.807) is 43.1 Å². The van der Waals surface area contributed by atoms with E-state index in [2.05, 4.69) is 21.6 Å². The molecular formula is C33H32Cl2FN7O3. The van der Waals surface area contributed by atoms with Gasteiger partial charge in [0.05, 0.1) is 12.1 Å². The molecule has 1 aliphatic heterocycles. The summed E-state index contributed by atoms with van der Waals surface area (Å²) in [6.07, 6.45) is 0.247. The molecule has 13 heteroatoms. The van der Waals surface area contributed by atoms with Crippen molar-refractivity contribution < 1.29 is 19.1 Å². The zero-order chi connectivity index (χ0) is 33.7. The highest BCUT2D eigenvalue weighted by atomic mass is 35.5. The molecule has 4 aromatic rings. The van der Waals surface area contributed by atoms with Crippen molar-refractivity contribution in [1.29, 1.82) is 5.26 Å². The van der Waals surface area contributed by atoms with Gasteiger partial charge in [0.2, 0.25) is 5.91 Å². The molecule has 10 nitrogen and oxygen atoms in total. The van der Waals surface area contributed by atoms with Crippen LogP contribution in [0.2, 0.25) is 10.0 Å². The van der Waals surface area contributed by atoms with Crippen molar-refractivity contribution in [2.75, 3.05) is 4.90 Å². The van der Waals surface area contributed by atoms with E-state index in [4.69, 9.17) is 28.9 Å². The van der Waals surface area contributed by atoms with Crippen LogP contribution in [0, 0.1) is 29.5 Å². The molecule has 1 aromatic heterocycles. The minimum atomic E-state index is -1.79. The minimum absolute atomic E-state index is 0.00223. The van der Waals surface area contributed by atoms with E-state index >= 15 is 4.39 Å². The smallest absolute Gasteiger partial charge is 0.327 e. The maximum Gasteiger partial charge on any atom is 0.327 e. The number of rotatable bonds is 7. The van der Waals surface area contributed by atoms with Crippen LogP contribution in [0.5, 0.6) is 0 Å². The monoisotopic (exact) mass is 663 g/mol. The number of carboxylic acid groups (broad SMARTS) is 1. The molecule has 46 heavy (non-hydrogen) atoms. The molecule has 0 bridgehead atoms. The van der Waals surface area contributed by atoms with Gasteiger partial charge in [-0.05, 0) is 76.7 Å². The quantitative estimate of drug-likeness (QED) is 0.242. The largest absolute Gasteiger partial charge is 0.480 e. The van der Waals surface area contributed by atoms with E-state index < -0.39 is 46.5 Å². The molecule has 1 saturated heterocycles. The van der Waals surface area contributed by atoms with Gasteiger partial charge in [-0.15, -0.1) is 5.10 Å². The third-order valence-corrected chi connectivity index (χ3v) is 9.30. The van der Waals surface area contributed by atoms with Crippen molar-refractivity contribution >= 4 is 40.8 Å². The number of primary amides is 1. The van der Waals surface area contributed by atoms with Crippen LogP contribution in [0.25, 0.3) is 11.4 Å². The summed E-state index contributed by atoms with van der Waals surface area (Å²) >= 11 is 12.8. The van der Waals surface area contributed by atoms with Crippen molar-refractivity contribution in [2.24, 2.45) is 18.2 Å². The number of nitrogens with two attached hydrogens (primary N) is 1. The number of hydrogen-bond donors (Lipinski definition) is 2. The lowest BCUT2D eigenvalue weighted by atomic mass is 9.62. The standard InChI is InChI=1S/C33H32Cl2FN7O3/c1-17-20(7-6-8-23(17)35)27-28(31(45)46)43(25-12-9-18(29(38)44)13-21(25)30-39-40-41-42(30)5)26(15-32(2,3)4)33(27,16-37)22-11-10-19(34)14-24(22)36/h6-14,26-28H,15H2,1-5H3,(H2,38,44)(H,45,46)/t26-,27-,28+,33-/m0/s1. The zero-order valence-electron chi connectivity index (χ0n) is 25.8. The van der Waals surface area contributed by atoms with E-state index in [1.165, 1.54) is 28.9 Å². The number of tetrazole rings is 1. The summed E-state index contributed by atoms with van der Waals surface area (Å²) < 4.78 is 17.6. The second-order valence-electron chi connectivity index (χ2n) is 12.7. The summed E-state index contributed by atoms with van der Waals surface area (Å²) in [5.74, 6) is -3.63. The molecule has 5 rings (SSSR count). The summed E-state index contributed by atoms with van der Waals surface area (Å²) in [6, 6.07) is 13.8. The lowest BCUT2D eigenvalue weighted by Crippen LogP contribution is -2.47. The average Bonchev–Trinajstić information content (AvgIpc) is 3.52. The van der Waals surface area contributed by atoms with Crippen LogP contribution >= 0.6 is 23.2 Å². The summed E-state index contributed by atoms with van der Waals surface area (Å²) in [5, 5.41) is 34.9. The molecule has 0 aliphatic carbocycles. The number of hydrogen-bond acceptors (Lipinski definition) is 7. The van der Waals surface area contributed by atoms with Crippen LogP contribution in [-0.2, 0) is 17.3 Å². The number of nitriles is 1. The Morgan fingerprint density at radius 3 is 2.43 bits per heavy atom. The number of nitrogens with zero attached hydrogens (tertiary/aromatic N) is 6. The molecule has 238 valence electrons. The molecule has 3 N–H and O–H groups in total. The fourth-order valence-corrected chi connectivity index (χ4v) is 7.09. The molecule has 2 heterocycles. The van der Waals surface area contributed by atoms with Crippen molar-refractivity contribution in [3.63, 3.8) is 0 Å². The highest BCUT2D eigenvalue weighted by molar-refractivity contribution is 6.31. The Labute approximate surface area is 275 Å². The van der Waals surface area contributed by atoms with Crippen LogP contribution in [0.1, 0.15) is 60.2 Å². The average molecular weight is 665 g/mol. The zero-order valence-corrected chi connectivity index (χ0v) is 27.3. The van der Waals surface area contributed by atoms with Crippen LogP contribution in [-0.4, -0.2) is 49.3 Å². The summed E-state index contributed by atoms with van der Waals surface area (Å²) in [7, 11) is 1.60. The molecule has 0 spiro atoms. The normalized spacial score (nSPS) is 21.3. The number of aliphatic carboxylic acids is 1. The Morgan fingerprint density at radius 1 is 1.15 bits per heavy atom. The molecule has 3 aromatic carbocycles. The molecule has 1 fully saturated rings. The fraction of sp³-hybridized carbons (Fsp3) is 0.333. The van der Waals surface area contributed by atoms with Crippen LogP contribution in [0.15, 0.2) is 54.6 Å². The van der Waals surface area contributed by atoms with Gasteiger partial charge in [0.1, 0.15) is 17.3 Å². The van der Waals surface area contributed by atoms with E-state index in [9.17, 15) is 20.0 Å². The topological polar surface area (TPSA) is 151 Å². The molecule has 0 unspecified atom stereocenters. The minimum Gasteiger partial charge on any atom is -0.480 e. The number of aryl methyl sites for hydroxylation is 1. The van der Waals surface area contributed by atoms with Crippen molar-refractivity contribution in [3.8, 4) is 17.5 Å². The van der Waals surface area contributed by atoms with E-state index in [0.717, 1.165) is 6.07 Å². The highest BCUT2D eigenvalue weighted by Crippen LogP contribution is 2.58. The highest BCUT2D eigenvalue weighted by Gasteiger charge is 2.65. The lowest BCUT2D eigenvalue weighted by molar-refractivity contribution is -0.138. The van der Waals surface area contributed by atoms with Crippen LogP contribution in [0.4, 0.5) is 10.1 Å². The van der Waals surface area contributed by atoms with E-state index in [-0.39, 0.29) is 28.4 Å². The van der Waals surface area contributed by atoms with Crippen LogP contribution in [0.3, 0.4) is 0 Å². The van der Waals surface area contributed by atoms with Gasteiger partial charge in [-0.3, -0.25) is 4.79 Å². The van der Waals surface area contributed by atoms with Crippen molar-refractivity contribution in [2.45, 2.75) is 57.5 Å². The number of benzene rings is 3. The third kappa shape index (κ3) is 5.46. The molecule has 0 radical (unpaired) electrons. The molecular weight excluding hydrogens is 632 g/mol. The van der Waals surface area contributed by atoms with Gasteiger partial charge in [0.15, 0.2) is 5.82 Å². The SMILES string of the molecule is Cc1c(Cl)cccc1[C@H]1[C@H](C(=O)O)N(c2ccc(C(N)=O)cc2-c2nnnn2C)[C@@H](CC(C)(C)C)[C@]1(C#N)c1ccc(Cl)cc1F. The Balaban J connectivity index is 1.97. The third-order valence-electron chi connectivity index (χ3n) is 8.65. The summed E-state index contributed by atoms with van der Waals surface area (Å²) in [4.78, 5) is 27.6. The number of aromatic nitrogens is 4. The number of carbonyl (C=O) groups excluding carboxylic acids is 1. The van der Waals surface area contributed by atoms with Gasteiger partial charge in [-0.25, -0.2) is 13.9 Å². The second kappa shape index (κ2) is 12.0. The van der Waals surface area contributed by atoms with Gasteiger partial charge in [0, 0.05) is 45.4 Å². The molecule has 1 amide bonds. The summed E-state index contributed by atoms with van der Waals surface area (Å²) in [6.45, 7) is 7.63. The Hall–Kier alpha value is -4.53. The first-order valence-corrected chi connectivity index (χ1v) is 15.2. The Morgan fingerprint density at radius 2 is 1.87 bits per heavy atom. The predicted octanol–water partition coefficient (Wildman–Crippen LogP) is 6.05. The maximum atomic E-state index is 16.3. The Bertz CT molecular complexity index is 1900. The molecule has 4 atom stereocenters. The van der Waals surface area contributed by atoms with Gasteiger partial charge in [0.25, 0.3) is 0 Å². The first-order valence-electron chi connectivity index (χ1n) is 14.4. The maximum absolute atomic E-state index is 16.3. The number of carboxylic acids is 1. The van der Waals surface area contributed by atoms with Crippen molar-refractivity contribution in [1.82, 2.24) is 20.2 Å². The number of amides is 1. The number of anilines is 1.